The Morgan fingerprint density at radius 1 is 1.10 bits per heavy atom. The molecule has 48 heavy (non-hydrogen) atoms. The van der Waals surface area contributed by atoms with Crippen LogP contribution in [0.5, 0.6) is 11.5 Å². The van der Waals surface area contributed by atoms with Crippen molar-refractivity contribution in [2.24, 2.45) is 5.92 Å². The van der Waals surface area contributed by atoms with Crippen molar-refractivity contribution >= 4 is 29.2 Å². The molecule has 0 bridgehead atoms. The predicted octanol–water partition coefficient (Wildman–Crippen LogP) is 5.94. The van der Waals surface area contributed by atoms with E-state index in [2.05, 4.69) is 10.6 Å². The third-order valence-corrected chi connectivity index (χ3v) is 8.16. The number of amides is 4. The number of nitrogens with zero attached hydrogens (tertiary/aromatic N) is 2. The molecule has 0 saturated carbocycles. The average molecular weight is 681 g/mol. The molecule has 1 heterocycles. The van der Waals surface area contributed by atoms with Gasteiger partial charge < -0.3 is 39.8 Å². The zero-order valence-corrected chi connectivity index (χ0v) is 28.1. The van der Waals surface area contributed by atoms with Gasteiger partial charge in [-0.3, -0.25) is 9.59 Å². The highest BCUT2D eigenvalue weighted by atomic mass is 19.4. The van der Waals surface area contributed by atoms with Crippen LogP contribution in [0.25, 0.3) is 0 Å². The Hall–Kier alpha value is -4.04. The van der Waals surface area contributed by atoms with E-state index in [1.54, 1.807) is 50.4 Å². The van der Waals surface area contributed by atoms with Gasteiger partial charge in [0.25, 0.3) is 5.91 Å². The minimum Gasteiger partial charge on any atom is -0.497 e. The van der Waals surface area contributed by atoms with Crippen LogP contribution in [0.1, 0.15) is 63.2 Å². The van der Waals surface area contributed by atoms with Gasteiger partial charge in [-0.15, -0.1) is 0 Å². The molecule has 11 nitrogen and oxygen atoms in total. The Morgan fingerprint density at radius 2 is 1.77 bits per heavy atom. The molecule has 0 aliphatic carbocycles. The van der Waals surface area contributed by atoms with Gasteiger partial charge in [-0.05, 0) is 75.6 Å². The average Bonchev–Trinajstić information content (AvgIpc) is 3.04. The summed E-state index contributed by atoms with van der Waals surface area (Å²) in [7, 11) is 2.98. The standard InChI is InChI=1S/C34H47F3N4O7/c1-22-19-41(23(2)21-42)32(44)28-18-26(39-33(45)38-25-9-12-27(46-5)13-10-25)11-14-29(28)48-24(3)8-6-7-17-47-30(22)20-40(4)31(43)15-16-34(35,36)37/h9-14,18,22-24,30,42H,6-8,15-17,19-21H2,1-5H3,(H2,38,39,45)/t22-,23+,24+,30+/m0/s1. The highest BCUT2D eigenvalue weighted by molar-refractivity contribution is 6.02. The molecule has 0 spiro atoms. The molecule has 2 aromatic rings. The second kappa shape index (κ2) is 17.9. The Bertz CT molecular complexity index is 1360. The lowest BCUT2D eigenvalue weighted by Gasteiger charge is -2.36. The summed E-state index contributed by atoms with van der Waals surface area (Å²) < 4.78 is 55.8. The number of benzene rings is 2. The van der Waals surface area contributed by atoms with Crippen LogP contribution < -0.4 is 20.1 Å². The number of ether oxygens (including phenoxy) is 3. The molecule has 266 valence electrons. The van der Waals surface area contributed by atoms with Gasteiger partial charge in [0.2, 0.25) is 5.91 Å². The number of hydrogen-bond acceptors (Lipinski definition) is 7. The van der Waals surface area contributed by atoms with Crippen LogP contribution in [0.4, 0.5) is 29.3 Å². The number of anilines is 2. The number of aliphatic hydroxyl groups is 1. The third-order valence-electron chi connectivity index (χ3n) is 8.16. The minimum atomic E-state index is -4.45. The first-order valence-corrected chi connectivity index (χ1v) is 16.1. The maximum Gasteiger partial charge on any atom is 0.389 e. The molecule has 0 aromatic heterocycles. The Labute approximate surface area is 279 Å². The van der Waals surface area contributed by atoms with Gasteiger partial charge in [0.15, 0.2) is 0 Å². The van der Waals surface area contributed by atoms with Crippen molar-refractivity contribution < 1.29 is 46.9 Å². The van der Waals surface area contributed by atoms with E-state index < -0.39 is 49.0 Å². The van der Waals surface area contributed by atoms with Crippen LogP contribution in [-0.2, 0) is 9.53 Å². The number of carbonyl (C=O) groups is 3. The molecule has 0 saturated heterocycles. The number of aliphatic hydroxyl groups excluding tert-OH is 1. The largest absolute Gasteiger partial charge is 0.497 e. The third kappa shape index (κ3) is 11.9. The summed E-state index contributed by atoms with van der Waals surface area (Å²) in [4.78, 5) is 42.3. The van der Waals surface area contributed by atoms with Crippen molar-refractivity contribution in [3.8, 4) is 11.5 Å². The van der Waals surface area contributed by atoms with Crippen molar-refractivity contribution in [2.75, 3.05) is 51.1 Å². The molecule has 14 heteroatoms. The lowest BCUT2D eigenvalue weighted by Crippen LogP contribution is -2.48. The number of hydrogen-bond donors (Lipinski definition) is 3. The number of fused-ring (bicyclic) bond motifs is 1. The molecule has 0 radical (unpaired) electrons. The second-order valence-electron chi connectivity index (χ2n) is 12.2. The lowest BCUT2D eigenvalue weighted by atomic mass is 10.0. The summed E-state index contributed by atoms with van der Waals surface area (Å²) in [6, 6.07) is 10.4. The van der Waals surface area contributed by atoms with E-state index in [0.29, 0.717) is 42.3 Å². The van der Waals surface area contributed by atoms with Crippen molar-refractivity contribution in [1.82, 2.24) is 9.80 Å². The van der Waals surface area contributed by atoms with Gasteiger partial charge in [-0.2, -0.15) is 13.2 Å². The second-order valence-corrected chi connectivity index (χ2v) is 12.2. The zero-order chi connectivity index (χ0) is 35.4. The van der Waals surface area contributed by atoms with E-state index in [9.17, 15) is 32.7 Å². The summed E-state index contributed by atoms with van der Waals surface area (Å²) >= 11 is 0. The molecule has 4 amide bonds. The molecule has 2 aromatic carbocycles. The van der Waals surface area contributed by atoms with Gasteiger partial charge >= 0.3 is 12.2 Å². The number of alkyl halides is 3. The van der Waals surface area contributed by atoms with Gasteiger partial charge in [0.1, 0.15) is 11.5 Å². The van der Waals surface area contributed by atoms with E-state index in [1.165, 1.54) is 22.9 Å². The molecule has 4 atom stereocenters. The van der Waals surface area contributed by atoms with Crippen molar-refractivity contribution in [2.45, 2.75) is 77.3 Å². The number of rotatable bonds is 9. The van der Waals surface area contributed by atoms with E-state index in [4.69, 9.17) is 14.2 Å². The van der Waals surface area contributed by atoms with Crippen molar-refractivity contribution in [3.63, 3.8) is 0 Å². The number of nitrogens with one attached hydrogen (secondary N) is 2. The molecule has 3 N–H and O–H groups in total. The maximum absolute atomic E-state index is 14.2. The van der Waals surface area contributed by atoms with Gasteiger partial charge in [-0.1, -0.05) is 6.92 Å². The Morgan fingerprint density at radius 3 is 2.42 bits per heavy atom. The normalized spacial score (nSPS) is 20.1. The topological polar surface area (TPSA) is 130 Å². The van der Waals surface area contributed by atoms with Crippen LogP contribution >= 0.6 is 0 Å². The fourth-order valence-electron chi connectivity index (χ4n) is 5.24. The van der Waals surface area contributed by atoms with E-state index in [1.807, 2.05) is 13.8 Å². The first kappa shape index (κ1) is 38.4. The summed E-state index contributed by atoms with van der Waals surface area (Å²) in [6.45, 7) is 5.52. The van der Waals surface area contributed by atoms with E-state index >= 15 is 0 Å². The highest BCUT2D eigenvalue weighted by Crippen LogP contribution is 2.29. The molecule has 1 aliphatic heterocycles. The summed E-state index contributed by atoms with van der Waals surface area (Å²) in [6.07, 6.45) is -5.14. The number of methoxy groups -OCH3 is 1. The summed E-state index contributed by atoms with van der Waals surface area (Å²) in [5, 5.41) is 15.6. The molecule has 0 fully saturated rings. The number of likely N-dealkylation sites (N-methyl/N-ethyl adjacent to an activating group) is 1. The predicted molar refractivity (Wildman–Crippen MR) is 175 cm³/mol. The fourth-order valence-corrected chi connectivity index (χ4v) is 5.24. The quantitative estimate of drug-likeness (QED) is 0.299. The van der Waals surface area contributed by atoms with Crippen molar-refractivity contribution in [1.29, 1.82) is 0 Å². The first-order valence-electron chi connectivity index (χ1n) is 16.1. The van der Waals surface area contributed by atoms with Crippen LogP contribution in [0.15, 0.2) is 42.5 Å². The monoisotopic (exact) mass is 680 g/mol. The molecule has 0 unspecified atom stereocenters. The van der Waals surface area contributed by atoms with Gasteiger partial charge in [0.05, 0.1) is 44.0 Å². The smallest absolute Gasteiger partial charge is 0.389 e. The number of urea groups is 1. The van der Waals surface area contributed by atoms with E-state index in [0.717, 1.165) is 6.42 Å². The summed E-state index contributed by atoms with van der Waals surface area (Å²) in [5.74, 6) is -0.555. The SMILES string of the molecule is COc1ccc(NC(=O)Nc2ccc3c(c2)C(=O)N([C@H](C)CO)C[C@H](C)[C@@H](CN(C)C(=O)CCC(F)(F)F)OCCCC[C@@H](C)O3)cc1. The fraction of sp³-hybridized carbons (Fsp3) is 0.559. The van der Waals surface area contributed by atoms with Gasteiger partial charge in [-0.25, -0.2) is 4.79 Å². The van der Waals surface area contributed by atoms with Crippen LogP contribution in [-0.4, -0.2) is 97.6 Å². The zero-order valence-electron chi connectivity index (χ0n) is 28.1. The van der Waals surface area contributed by atoms with Crippen LogP contribution in [0, 0.1) is 5.92 Å². The molecular weight excluding hydrogens is 633 g/mol. The highest BCUT2D eigenvalue weighted by Gasteiger charge is 2.32. The van der Waals surface area contributed by atoms with Crippen molar-refractivity contribution in [3.05, 3.63) is 48.0 Å². The van der Waals surface area contributed by atoms with Crippen LogP contribution in [0.2, 0.25) is 0 Å². The molecule has 3 rings (SSSR count). The Kier molecular flexibility index (Phi) is 14.3. The van der Waals surface area contributed by atoms with Crippen LogP contribution in [0.3, 0.4) is 0 Å². The van der Waals surface area contributed by atoms with E-state index in [-0.39, 0.29) is 37.3 Å². The minimum absolute atomic E-state index is 0.0286. The number of carbonyl (C=O) groups excluding carboxylic acids is 3. The Balaban J connectivity index is 1.88. The maximum atomic E-state index is 14.2. The van der Waals surface area contributed by atoms with Gasteiger partial charge in [0, 0.05) is 50.5 Å². The summed E-state index contributed by atoms with van der Waals surface area (Å²) in [5.41, 5.74) is 1.03. The molecule has 1 aliphatic rings. The lowest BCUT2D eigenvalue weighted by molar-refractivity contribution is -0.149. The number of halogens is 3. The molecular formula is C34H47F3N4O7. The first-order chi connectivity index (χ1) is 22.7.